The van der Waals surface area contributed by atoms with Crippen LogP contribution in [-0.4, -0.2) is 28.3 Å². The predicted molar refractivity (Wildman–Crippen MR) is 95.7 cm³/mol. The number of carbonyl (C=O) groups excluding carboxylic acids is 1. The molecule has 0 aliphatic heterocycles. The lowest BCUT2D eigenvalue weighted by Crippen LogP contribution is -2.27. The summed E-state index contributed by atoms with van der Waals surface area (Å²) in [6, 6.07) is 4.97. The number of allylic oxidation sites excluding steroid dienone is 1. The summed E-state index contributed by atoms with van der Waals surface area (Å²) in [4.78, 5) is 11.8. The summed E-state index contributed by atoms with van der Waals surface area (Å²) in [5.74, 6) is -3.94. The van der Waals surface area contributed by atoms with Gasteiger partial charge in [0.2, 0.25) is 0 Å². The number of aryl methyl sites for hydroxylation is 1. The van der Waals surface area contributed by atoms with Crippen molar-refractivity contribution in [2.24, 2.45) is 0 Å². The number of halogens is 4. The van der Waals surface area contributed by atoms with E-state index in [0.717, 1.165) is 6.08 Å². The van der Waals surface area contributed by atoms with Gasteiger partial charge in [0.1, 0.15) is 0 Å². The van der Waals surface area contributed by atoms with Gasteiger partial charge in [0.05, 0.1) is 30.6 Å². The largest absolute Gasteiger partial charge is 0.463 e. The molecule has 8 heteroatoms. The summed E-state index contributed by atoms with van der Waals surface area (Å²) in [6.07, 6.45) is 2.21. The zero-order valence-corrected chi connectivity index (χ0v) is 15.4. The number of esters is 1. The lowest BCUT2D eigenvalue weighted by molar-refractivity contribution is -0.137. The van der Waals surface area contributed by atoms with Crippen LogP contribution in [0.15, 0.2) is 30.5 Å². The van der Waals surface area contributed by atoms with Gasteiger partial charge in [-0.2, -0.15) is 5.10 Å². The van der Waals surface area contributed by atoms with Crippen LogP contribution in [0.5, 0.6) is 0 Å². The topological polar surface area (TPSA) is 44.1 Å². The van der Waals surface area contributed by atoms with Crippen LogP contribution in [0.1, 0.15) is 30.2 Å². The van der Waals surface area contributed by atoms with Gasteiger partial charge in [-0.1, -0.05) is 29.3 Å². The summed E-state index contributed by atoms with van der Waals surface area (Å²) in [7, 11) is 0. The molecule has 0 fully saturated rings. The Bertz CT molecular complexity index is 878. The van der Waals surface area contributed by atoms with Gasteiger partial charge >= 0.3 is 5.97 Å². The van der Waals surface area contributed by atoms with Gasteiger partial charge < -0.3 is 4.74 Å². The van der Waals surface area contributed by atoms with E-state index in [0.29, 0.717) is 21.2 Å². The Morgan fingerprint density at radius 2 is 2.19 bits per heavy atom. The Morgan fingerprint density at radius 3 is 2.88 bits per heavy atom. The zero-order valence-electron chi connectivity index (χ0n) is 13.9. The maximum absolute atomic E-state index is 14.5. The second kappa shape index (κ2) is 7.37. The van der Waals surface area contributed by atoms with Crippen molar-refractivity contribution in [1.29, 1.82) is 0 Å². The summed E-state index contributed by atoms with van der Waals surface area (Å²) >= 11 is 12.1. The van der Waals surface area contributed by atoms with Crippen molar-refractivity contribution in [3.63, 3.8) is 0 Å². The molecule has 2 aromatic rings. The molecule has 0 amide bonds. The number of benzene rings is 1. The van der Waals surface area contributed by atoms with Crippen LogP contribution >= 0.6 is 23.2 Å². The van der Waals surface area contributed by atoms with Crippen molar-refractivity contribution in [3.8, 4) is 0 Å². The van der Waals surface area contributed by atoms with E-state index in [1.54, 1.807) is 31.3 Å². The highest BCUT2D eigenvalue weighted by atomic mass is 35.5. The maximum atomic E-state index is 14.5. The highest BCUT2D eigenvalue weighted by Crippen LogP contribution is 2.42. The molecule has 0 N–H and O–H groups in total. The lowest BCUT2D eigenvalue weighted by Gasteiger charge is -2.26. The van der Waals surface area contributed by atoms with Gasteiger partial charge in [0, 0.05) is 22.5 Å². The molecule has 0 saturated heterocycles. The Hall–Kier alpha value is -1.92. The number of nitrogens with zero attached hydrogens (tertiary/aromatic N) is 2. The van der Waals surface area contributed by atoms with Gasteiger partial charge in [0.25, 0.3) is 5.92 Å². The lowest BCUT2D eigenvalue weighted by atomic mass is 9.89. The van der Waals surface area contributed by atoms with E-state index in [4.69, 9.17) is 27.9 Å². The first-order valence-corrected chi connectivity index (χ1v) is 8.83. The van der Waals surface area contributed by atoms with E-state index >= 15 is 0 Å². The molecule has 3 rings (SSSR count). The van der Waals surface area contributed by atoms with E-state index in [9.17, 15) is 13.6 Å². The summed E-state index contributed by atoms with van der Waals surface area (Å²) in [5, 5.41) is 5.12. The standard InChI is InChI=1S/C18H16Cl2F2N2O2/c1-2-26-16(25)8-14-17-11(5-6-18(14,21)22)9-23-24(17)10-12-3-4-13(19)7-15(12)20/h3-4,7-9H,2,5-6,10H2,1H3/b14-8-. The van der Waals surface area contributed by atoms with E-state index in [-0.39, 0.29) is 37.3 Å². The van der Waals surface area contributed by atoms with Crippen LogP contribution in [0.2, 0.25) is 10.0 Å². The van der Waals surface area contributed by atoms with Crippen LogP contribution in [0, 0.1) is 0 Å². The molecule has 0 saturated carbocycles. The number of hydrogen-bond donors (Lipinski definition) is 0. The molecule has 0 unspecified atom stereocenters. The molecule has 1 aliphatic rings. The third kappa shape index (κ3) is 3.76. The number of ether oxygens (including phenoxy) is 1. The van der Waals surface area contributed by atoms with Crippen LogP contribution in [0.3, 0.4) is 0 Å². The molecule has 0 atom stereocenters. The fraction of sp³-hybridized carbons (Fsp3) is 0.333. The summed E-state index contributed by atoms with van der Waals surface area (Å²) < 4.78 is 35.3. The quantitative estimate of drug-likeness (QED) is 0.548. The molecule has 1 aromatic carbocycles. The normalized spacial score (nSPS) is 17.2. The molecule has 4 nitrogen and oxygen atoms in total. The Kier molecular flexibility index (Phi) is 5.34. The molecule has 1 aromatic heterocycles. The number of fused-ring (bicyclic) bond motifs is 1. The Morgan fingerprint density at radius 1 is 1.42 bits per heavy atom. The van der Waals surface area contributed by atoms with Crippen molar-refractivity contribution in [2.75, 3.05) is 6.61 Å². The first kappa shape index (κ1) is 18.9. The second-order valence-corrected chi connectivity index (χ2v) is 6.77. The third-order valence-electron chi connectivity index (χ3n) is 4.16. The molecule has 1 aliphatic carbocycles. The second-order valence-electron chi connectivity index (χ2n) is 5.93. The van der Waals surface area contributed by atoms with E-state index < -0.39 is 11.9 Å². The minimum atomic E-state index is -3.14. The fourth-order valence-corrected chi connectivity index (χ4v) is 3.39. The number of carbonyl (C=O) groups is 1. The van der Waals surface area contributed by atoms with Crippen molar-refractivity contribution in [2.45, 2.75) is 32.2 Å². The molecule has 0 bridgehead atoms. The SMILES string of the molecule is CCOC(=O)/C=C1/c2c(cnn2Cc2ccc(Cl)cc2Cl)CCC1(F)F. The molecule has 0 spiro atoms. The maximum Gasteiger partial charge on any atom is 0.331 e. The van der Waals surface area contributed by atoms with Crippen LogP contribution in [-0.2, 0) is 22.5 Å². The molecule has 26 heavy (non-hydrogen) atoms. The number of rotatable bonds is 4. The number of hydrogen-bond acceptors (Lipinski definition) is 3. The summed E-state index contributed by atoms with van der Waals surface area (Å²) in [5.41, 5.74) is 1.21. The monoisotopic (exact) mass is 400 g/mol. The first-order chi connectivity index (χ1) is 12.3. The van der Waals surface area contributed by atoms with E-state index in [1.807, 2.05) is 0 Å². The Balaban J connectivity index is 2.04. The smallest absolute Gasteiger partial charge is 0.331 e. The van der Waals surface area contributed by atoms with Crippen molar-refractivity contribution in [3.05, 3.63) is 57.3 Å². The molecular formula is C18H16Cl2F2N2O2. The average molecular weight is 401 g/mol. The highest BCUT2D eigenvalue weighted by Gasteiger charge is 2.42. The molecule has 1 heterocycles. The zero-order chi connectivity index (χ0) is 18.9. The minimum absolute atomic E-state index is 0.112. The van der Waals surface area contributed by atoms with Crippen molar-refractivity contribution < 1.29 is 18.3 Å². The minimum Gasteiger partial charge on any atom is -0.463 e. The average Bonchev–Trinajstić information content (AvgIpc) is 2.96. The summed E-state index contributed by atoms with van der Waals surface area (Å²) in [6.45, 7) is 1.91. The number of alkyl halides is 2. The van der Waals surface area contributed by atoms with Gasteiger partial charge in [-0.3, -0.25) is 4.68 Å². The molecule has 138 valence electrons. The predicted octanol–water partition coefficient (Wildman–Crippen LogP) is 4.77. The van der Waals surface area contributed by atoms with Crippen molar-refractivity contribution in [1.82, 2.24) is 9.78 Å². The fourth-order valence-electron chi connectivity index (χ4n) is 2.93. The van der Waals surface area contributed by atoms with Crippen LogP contribution in [0.25, 0.3) is 5.57 Å². The van der Waals surface area contributed by atoms with Gasteiger partial charge in [-0.25, -0.2) is 13.6 Å². The molecular weight excluding hydrogens is 385 g/mol. The number of aromatic nitrogens is 2. The highest BCUT2D eigenvalue weighted by molar-refractivity contribution is 6.35. The molecule has 0 radical (unpaired) electrons. The Labute approximate surface area is 159 Å². The third-order valence-corrected chi connectivity index (χ3v) is 4.74. The van der Waals surface area contributed by atoms with Gasteiger partial charge in [-0.05, 0) is 36.6 Å². The first-order valence-electron chi connectivity index (χ1n) is 8.07. The van der Waals surface area contributed by atoms with E-state index in [1.165, 1.54) is 4.68 Å². The van der Waals surface area contributed by atoms with Gasteiger partial charge in [-0.15, -0.1) is 0 Å². The van der Waals surface area contributed by atoms with Crippen LogP contribution in [0.4, 0.5) is 8.78 Å². The van der Waals surface area contributed by atoms with E-state index in [2.05, 4.69) is 5.10 Å². The van der Waals surface area contributed by atoms with Crippen molar-refractivity contribution >= 4 is 34.7 Å². The van der Waals surface area contributed by atoms with Crippen LogP contribution < -0.4 is 0 Å². The van der Waals surface area contributed by atoms with Gasteiger partial charge in [0.15, 0.2) is 0 Å².